The van der Waals surface area contributed by atoms with Crippen LogP contribution in [0.1, 0.15) is 6.42 Å². The predicted molar refractivity (Wildman–Crippen MR) is 71.0 cm³/mol. The van der Waals surface area contributed by atoms with E-state index in [1.54, 1.807) is 29.1 Å². The molecule has 0 saturated carbocycles. The van der Waals surface area contributed by atoms with Crippen molar-refractivity contribution in [3.8, 4) is 5.88 Å². The number of likely N-dealkylation sites (tertiary alicyclic amines) is 2. The van der Waals surface area contributed by atoms with Gasteiger partial charge in [-0.05, 0) is 6.07 Å². The highest BCUT2D eigenvalue weighted by Crippen LogP contribution is 2.23. The number of carbonyl (C=O) groups is 2. The molecule has 2 fully saturated rings. The molecule has 1 aromatic heterocycles. The Morgan fingerprint density at radius 1 is 1.35 bits per heavy atom. The van der Waals surface area contributed by atoms with E-state index in [9.17, 15) is 9.59 Å². The van der Waals surface area contributed by atoms with Gasteiger partial charge < -0.3 is 14.5 Å². The maximum atomic E-state index is 12.2. The van der Waals surface area contributed by atoms with Crippen molar-refractivity contribution in [3.63, 3.8) is 0 Å². The van der Waals surface area contributed by atoms with Crippen LogP contribution in [0.4, 0.5) is 0 Å². The lowest BCUT2D eigenvalue weighted by Gasteiger charge is -2.39. The summed E-state index contributed by atoms with van der Waals surface area (Å²) in [4.78, 5) is 31.1. The minimum Gasteiger partial charge on any atom is -0.471 e. The molecule has 6 heteroatoms. The SMILES string of the molecule is CN1CC(C(=O)N2CC(Oc3ccccn3)C2)CC1=O. The lowest BCUT2D eigenvalue weighted by Crippen LogP contribution is -2.57. The second kappa shape index (κ2) is 5.11. The zero-order valence-electron chi connectivity index (χ0n) is 11.4. The molecule has 0 aromatic carbocycles. The van der Waals surface area contributed by atoms with Crippen molar-refractivity contribution < 1.29 is 14.3 Å². The van der Waals surface area contributed by atoms with Crippen molar-refractivity contribution in [2.45, 2.75) is 12.5 Å². The fourth-order valence-electron chi connectivity index (χ4n) is 2.57. The fourth-order valence-corrected chi connectivity index (χ4v) is 2.57. The van der Waals surface area contributed by atoms with Crippen LogP contribution in [-0.2, 0) is 9.59 Å². The van der Waals surface area contributed by atoms with Gasteiger partial charge in [0.2, 0.25) is 17.7 Å². The second-order valence-electron chi connectivity index (χ2n) is 5.33. The van der Waals surface area contributed by atoms with E-state index < -0.39 is 0 Å². The van der Waals surface area contributed by atoms with E-state index in [1.165, 1.54) is 0 Å². The lowest BCUT2D eigenvalue weighted by atomic mass is 10.0. The summed E-state index contributed by atoms with van der Waals surface area (Å²) in [7, 11) is 1.73. The Hall–Kier alpha value is -2.11. The Balaban J connectivity index is 1.48. The van der Waals surface area contributed by atoms with Gasteiger partial charge in [-0.2, -0.15) is 0 Å². The number of hydrogen-bond donors (Lipinski definition) is 0. The number of nitrogens with zero attached hydrogens (tertiary/aromatic N) is 3. The largest absolute Gasteiger partial charge is 0.471 e. The molecule has 1 unspecified atom stereocenters. The molecule has 0 bridgehead atoms. The summed E-state index contributed by atoms with van der Waals surface area (Å²) >= 11 is 0. The van der Waals surface area contributed by atoms with Crippen LogP contribution in [0.3, 0.4) is 0 Å². The van der Waals surface area contributed by atoms with E-state index in [2.05, 4.69) is 4.98 Å². The quantitative estimate of drug-likeness (QED) is 0.788. The van der Waals surface area contributed by atoms with Gasteiger partial charge in [-0.1, -0.05) is 6.07 Å². The summed E-state index contributed by atoms with van der Waals surface area (Å²) in [6.45, 7) is 1.67. The van der Waals surface area contributed by atoms with Gasteiger partial charge in [0.15, 0.2) is 0 Å². The van der Waals surface area contributed by atoms with Crippen LogP contribution in [0, 0.1) is 5.92 Å². The molecule has 106 valence electrons. The number of aromatic nitrogens is 1. The van der Waals surface area contributed by atoms with E-state index in [0.29, 0.717) is 31.9 Å². The van der Waals surface area contributed by atoms with Gasteiger partial charge in [0, 0.05) is 32.3 Å². The summed E-state index contributed by atoms with van der Waals surface area (Å²) in [5.74, 6) is 0.498. The van der Waals surface area contributed by atoms with Crippen molar-refractivity contribution in [1.29, 1.82) is 0 Å². The number of amides is 2. The molecule has 0 aliphatic carbocycles. The third-order valence-electron chi connectivity index (χ3n) is 3.78. The van der Waals surface area contributed by atoms with E-state index in [-0.39, 0.29) is 23.8 Å². The molecular weight excluding hydrogens is 258 g/mol. The molecule has 6 nitrogen and oxygen atoms in total. The Labute approximate surface area is 117 Å². The molecule has 2 aliphatic rings. The molecular formula is C14H17N3O3. The highest BCUT2D eigenvalue weighted by Gasteiger charge is 2.40. The molecule has 0 N–H and O–H groups in total. The number of pyridine rings is 1. The third-order valence-corrected chi connectivity index (χ3v) is 3.78. The number of carbonyl (C=O) groups excluding carboxylic acids is 2. The topological polar surface area (TPSA) is 62.7 Å². The van der Waals surface area contributed by atoms with Crippen LogP contribution in [0.15, 0.2) is 24.4 Å². The molecule has 1 atom stereocenters. The average Bonchev–Trinajstić information content (AvgIpc) is 2.74. The van der Waals surface area contributed by atoms with Gasteiger partial charge in [-0.15, -0.1) is 0 Å². The van der Waals surface area contributed by atoms with Crippen LogP contribution in [0.2, 0.25) is 0 Å². The summed E-state index contributed by atoms with van der Waals surface area (Å²) in [5.41, 5.74) is 0. The second-order valence-corrected chi connectivity index (χ2v) is 5.33. The molecule has 20 heavy (non-hydrogen) atoms. The van der Waals surface area contributed by atoms with Gasteiger partial charge in [0.05, 0.1) is 19.0 Å². The maximum absolute atomic E-state index is 12.2. The summed E-state index contributed by atoms with van der Waals surface area (Å²) in [5, 5.41) is 0. The van der Waals surface area contributed by atoms with Crippen molar-refractivity contribution in [2.24, 2.45) is 5.92 Å². The van der Waals surface area contributed by atoms with Crippen LogP contribution in [-0.4, -0.2) is 59.4 Å². The number of rotatable bonds is 3. The van der Waals surface area contributed by atoms with Crippen LogP contribution < -0.4 is 4.74 Å². The van der Waals surface area contributed by atoms with Crippen LogP contribution in [0.25, 0.3) is 0 Å². The molecule has 2 amide bonds. The third kappa shape index (κ3) is 2.45. The van der Waals surface area contributed by atoms with Crippen LogP contribution in [0.5, 0.6) is 5.88 Å². The van der Waals surface area contributed by atoms with Crippen molar-refractivity contribution >= 4 is 11.8 Å². The molecule has 1 aromatic rings. The molecule has 2 saturated heterocycles. The molecule has 0 radical (unpaired) electrons. The van der Waals surface area contributed by atoms with Gasteiger partial charge >= 0.3 is 0 Å². The minimum atomic E-state index is -0.191. The normalized spacial score (nSPS) is 22.9. The smallest absolute Gasteiger partial charge is 0.228 e. The zero-order chi connectivity index (χ0) is 14.1. The van der Waals surface area contributed by atoms with E-state index in [4.69, 9.17) is 4.74 Å². The van der Waals surface area contributed by atoms with E-state index in [1.807, 2.05) is 12.1 Å². The molecule has 0 spiro atoms. The first-order valence-corrected chi connectivity index (χ1v) is 6.74. The fraction of sp³-hybridized carbons (Fsp3) is 0.500. The Morgan fingerprint density at radius 2 is 2.15 bits per heavy atom. The number of ether oxygens (including phenoxy) is 1. The summed E-state index contributed by atoms with van der Waals surface area (Å²) in [6.07, 6.45) is 2.01. The van der Waals surface area contributed by atoms with Crippen molar-refractivity contribution in [1.82, 2.24) is 14.8 Å². The van der Waals surface area contributed by atoms with E-state index >= 15 is 0 Å². The first-order valence-electron chi connectivity index (χ1n) is 6.74. The van der Waals surface area contributed by atoms with Gasteiger partial charge in [-0.25, -0.2) is 4.98 Å². The Bertz CT molecular complexity index is 514. The molecule has 2 aliphatic heterocycles. The maximum Gasteiger partial charge on any atom is 0.228 e. The first-order chi connectivity index (χ1) is 9.63. The highest BCUT2D eigenvalue weighted by atomic mass is 16.5. The summed E-state index contributed by atoms with van der Waals surface area (Å²) in [6, 6.07) is 5.50. The van der Waals surface area contributed by atoms with Crippen molar-refractivity contribution in [3.05, 3.63) is 24.4 Å². The van der Waals surface area contributed by atoms with E-state index in [0.717, 1.165) is 0 Å². The molecule has 3 rings (SSSR count). The average molecular weight is 275 g/mol. The van der Waals surface area contributed by atoms with Gasteiger partial charge in [0.25, 0.3) is 0 Å². The van der Waals surface area contributed by atoms with Gasteiger partial charge in [-0.3, -0.25) is 9.59 Å². The standard InChI is InChI=1S/C14H17N3O3/c1-16-7-10(6-13(16)18)14(19)17-8-11(9-17)20-12-4-2-3-5-15-12/h2-5,10-11H,6-9H2,1H3. The zero-order valence-corrected chi connectivity index (χ0v) is 11.4. The highest BCUT2D eigenvalue weighted by molar-refractivity contribution is 5.89. The lowest BCUT2D eigenvalue weighted by molar-refractivity contribution is -0.144. The number of hydrogen-bond acceptors (Lipinski definition) is 4. The Kier molecular flexibility index (Phi) is 3.30. The monoisotopic (exact) mass is 275 g/mol. The Morgan fingerprint density at radius 3 is 2.75 bits per heavy atom. The van der Waals surface area contributed by atoms with Crippen molar-refractivity contribution in [2.75, 3.05) is 26.7 Å². The minimum absolute atomic E-state index is 0.00341. The van der Waals surface area contributed by atoms with Crippen LogP contribution >= 0.6 is 0 Å². The predicted octanol–water partition coefficient (Wildman–Crippen LogP) is 0.149. The molecule has 3 heterocycles. The summed E-state index contributed by atoms with van der Waals surface area (Å²) < 4.78 is 5.65. The van der Waals surface area contributed by atoms with Gasteiger partial charge in [0.1, 0.15) is 6.10 Å². The first kappa shape index (κ1) is 12.9.